The number of carbonyl (C=O) groups is 1. The molecule has 0 aliphatic carbocycles. The van der Waals surface area contributed by atoms with Gasteiger partial charge in [-0.05, 0) is 9.39 Å². The van der Waals surface area contributed by atoms with Crippen LogP contribution in [0, 0.1) is 0 Å². The maximum Gasteiger partial charge on any atom is 0.323 e. The number of hydrogen-bond donors (Lipinski definition) is 1. The number of carbonyl (C=O) groups excluding carboxylic acids is 1. The molecule has 1 aromatic rings. The van der Waals surface area contributed by atoms with Crippen molar-refractivity contribution in [2.24, 2.45) is 5.73 Å². The molecule has 1 aromatic heterocycles. The van der Waals surface area contributed by atoms with E-state index in [1.54, 1.807) is 16.9 Å². The lowest BCUT2D eigenvalue weighted by Crippen LogP contribution is -2.33. The number of ether oxygens (including phenoxy) is 1. The molecule has 6 heteroatoms. The SMILES string of the molecule is COC(=O)C(N)Cc1cn(P)cn1. The monoisotopic (exact) mass is 201 g/mol. The first-order chi connectivity index (χ1) is 6.13. The second-order valence-electron chi connectivity index (χ2n) is 2.65. The second kappa shape index (κ2) is 4.35. The fraction of sp³-hybridized carbons (Fsp3) is 0.429. The van der Waals surface area contributed by atoms with Crippen LogP contribution in [0.2, 0.25) is 0 Å². The van der Waals surface area contributed by atoms with Gasteiger partial charge in [0.25, 0.3) is 0 Å². The maximum absolute atomic E-state index is 10.9. The lowest BCUT2D eigenvalue weighted by molar-refractivity contribution is -0.142. The van der Waals surface area contributed by atoms with Gasteiger partial charge < -0.3 is 14.8 Å². The summed E-state index contributed by atoms with van der Waals surface area (Å²) in [6.07, 6.45) is 3.81. The van der Waals surface area contributed by atoms with Crippen LogP contribution in [-0.4, -0.2) is 28.4 Å². The molecule has 2 atom stereocenters. The average molecular weight is 201 g/mol. The summed E-state index contributed by atoms with van der Waals surface area (Å²) in [5.41, 5.74) is 6.31. The third kappa shape index (κ3) is 2.79. The quantitative estimate of drug-likeness (QED) is 0.532. The van der Waals surface area contributed by atoms with E-state index in [9.17, 15) is 4.79 Å². The molecule has 0 amide bonds. The van der Waals surface area contributed by atoms with Gasteiger partial charge in [0, 0.05) is 12.6 Å². The summed E-state index contributed by atoms with van der Waals surface area (Å²) in [4.78, 5) is 15.0. The van der Waals surface area contributed by atoms with Crippen LogP contribution in [0.5, 0.6) is 0 Å². The zero-order valence-corrected chi connectivity index (χ0v) is 8.46. The van der Waals surface area contributed by atoms with E-state index in [-0.39, 0.29) is 0 Å². The van der Waals surface area contributed by atoms with Crippen molar-refractivity contribution in [2.45, 2.75) is 12.5 Å². The van der Waals surface area contributed by atoms with Crippen molar-refractivity contribution in [3.63, 3.8) is 0 Å². The van der Waals surface area contributed by atoms with Gasteiger partial charge in [-0.15, -0.1) is 0 Å². The highest BCUT2D eigenvalue weighted by Crippen LogP contribution is 2.02. The van der Waals surface area contributed by atoms with Gasteiger partial charge in [-0.1, -0.05) is 0 Å². The van der Waals surface area contributed by atoms with E-state index in [4.69, 9.17) is 5.73 Å². The molecule has 1 rings (SSSR count). The molecule has 0 saturated heterocycles. The molecule has 1 heterocycles. The minimum atomic E-state index is -0.634. The van der Waals surface area contributed by atoms with E-state index < -0.39 is 12.0 Å². The Morgan fingerprint density at radius 1 is 1.92 bits per heavy atom. The van der Waals surface area contributed by atoms with Gasteiger partial charge >= 0.3 is 5.97 Å². The highest BCUT2D eigenvalue weighted by atomic mass is 31.0. The number of rotatable bonds is 3. The highest BCUT2D eigenvalue weighted by Gasteiger charge is 2.15. The van der Waals surface area contributed by atoms with Crippen molar-refractivity contribution in [1.82, 2.24) is 9.32 Å². The predicted octanol–water partition coefficient (Wildman–Crippen LogP) is -0.436. The Morgan fingerprint density at radius 2 is 2.62 bits per heavy atom. The van der Waals surface area contributed by atoms with E-state index in [1.807, 2.05) is 0 Å². The van der Waals surface area contributed by atoms with E-state index in [0.717, 1.165) is 5.69 Å². The number of nitrogens with zero attached hydrogens (tertiary/aromatic N) is 2. The van der Waals surface area contributed by atoms with Gasteiger partial charge in [-0.2, -0.15) is 0 Å². The fourth-order valence-corrected chi connectivity index (χ4v) is 1.18. The molecule has 0 bridgehead atoms. The van der Waals surface area contributed by atoms with Crippen LogP contribution >= 0.6 is 9.39 Å². The van der Waals surface area contributed by atoms with Crippen LogP contribution < -0.4 is 5.73 Å². The van der Waals surface area contributed by atoms with Crippen LogP contribution in [0.1, 0.15) is 5.69 Å². The largest absolute Gasteiger partial charge is 0.468 e. The molecule has 2 N–H and O–H groups in total. The molecule has 0 fully saturated rings. The number of hydrogen-bond acceptors (Lipinski definition) is 4. The van der Waals surface area contributed by atoms with Crippen molar-refractivity contribution >= 4 is 15.4 Å². The van der Waals surface area contributed by atoms with Gasteiger partial charge in [0.15, 0.2) is 0 Å². The lowest BCUT2D eigenvalue weighted by atomic mass is 10.2. The van der Waals surface area contributed by atoms with Gasteiger partial charge in [0.1, 0.15) is 6.04 Å². The van der Waals surface area contributed by atoms with Gasteiger partial charge in [0.05, 0.1) is 19.1 Å². The van der Waals surface area contributed by atoms with Crippen molar-refractivity contribution in [1.29, 1.82) is 0 Å². The summed E-state index contributed by atoms with van der Waals surface area (Å²) in [5, 5.41) is 0. The van der Waals surface area contributed by atoms with Gasteiger partial charge in [0.2, 0.25) is 0 Å². The van der Waals surface area contributed by atoms with E-state index in [0.29, 0.717) is 6.42 Å². The molecule has 2 unspecified atom stereocenters. The lowest BCUT2D eigenvalue weighted by Gasteiger charge is -2.05. The zero-order chi connectivity index (χ0) is 9.84. The summed E-state index contributed by atoms with van der Waals surface area (Å²) in [6.45, 7) is 0. The first-order valence-corrected chi connectivity index (χ1v) is 4.26. The first-order valence-electron chi connectivity index (χ1n) is 3.75. The Hall–Kier alpha value is -0.930. The third-order valence-corrected chi connectivity index (χ3v) is 1.87. The second-order valence-corrected chi connectivity index (χ2v) is 3.24. The molecule has 72 valence electrons. The van der Waals surface area contributed by atoms with Crippen molar-refractivity contribution < 1.29 is 9.53 Å². The molecule has 0 radical (unpaired) electrons. The summed E-state index contributed by atoms with van der Waals surface area (Å²) >= 11 is 0. The van der Waals surface area contributed by atoms with Crippen molar-refractivity contribution in [3.8, 4) is 0 Å². The fourth-order valence-electron chi connectivity index (χ4n) is 0.945. The smallest absolute Gasteiger partial charge is 0.323 e. The van der Waals surface area contributed by atoms with Crippen LogP contribution in [0.4, 0.5) is 0 Å². The molecule has 13 heavy (non-hydrogen) atoms. The van der Waals surface area contributed by atoms with Crippen LogP contribution in [0.25, 0.3) is 0 Å². The minimum Gasteiger partial charge on any atom is -0.468 e. The van der Waals surface area contributed by atoms with Gasteiger partial charge in [-0.25, -0.2) is 4.98 Å². The van der Waals surface area contributed by atoms with Crippen LogP contribution in [0.3, 0.4) is 0 Å². The molecule has 0 saturated carbocycles. The topological polar surface area (TPSA) is 70.1 Å². The average Bonchev–Trinajstić information content (AvgIpc) is 2.49. The molecule has 5 nitrogen and oxygen atoms in total. The normalized spacial score (nSPS) is 12.5. The highest BCUT2D eigenvalue weighted by molar-refractivity contribution is 7.14. The zero-order valence-electron chi connectivity index (χ0n) is 7.30. The molecule has 0 aliphatic heterocycles. The molecule has 0 spiro atoms. The van der Waals surface area contributed by atoms with Crippen LogP contribution in [-0.2, 0) is 16.0 Å². The molecular formula is C7H12N3O2P. The number of nitrogens with two attached hydrogens (primary N) is 1. The van der Waals surface area contributed by atoms with Crippen LogP contribution in [0.15, 0.2) is 12.5 Å². The summed E-state index contributed by atoms with van der Waals surface area (Å²) in [7, 11) is 3.76. The number of esters is 1. The Balaban J connectivity index is 2.54. The number of imidazole rings is 1. The van der Waals surface area contributed by atoms with E-state index in [2.05, 4.69) is 19.1 Å². The third-order valence-electron chi connectivity index (χ3n) is 1.59. The van der Waals surface area contributed by atoms with E-state index >= 15 is 0 Å². The molecule has 0 aromatic carbocycles. The number of aromatic nitrogens is 2. The Bertz CT molecular complexity index is 300. The Morgan fingerprint density at radius 3 is 3.08 bits per heavy atom. The maximum atomic E-state index is 10.9. The standard InChI is InChI=1S/C7H12N3O2P/c1-12-7(11)6(8)2-5-3-10(13)4-9-5/h3-4,6H,2,8,13H2,1H3. The summed E-state index contributed by atoms with van der Waals surface area (Å²) < 4.78 is 6.21. The summed E-state index contributed by atoms with van der Waals surface area (Å²) in [6, 6.07) is -0.634. The first kappa shape index (κ1) is 10.2. The predicted molar refractivity (Wildman–Crippen MR) is 51.0 cm³/mol. The Kier molecular flexibility index (Phi) is 3.39. The Labute approximate surface area is 78.5 Å². The summed E-state index contributed by atoms with van der Waals surface area (Å²) in [5.74, 6) is -0.418. The number of methoxy groups -OCH3 is 1. The minimum absolute atomic E-state index is 0.397. The van der Waals surface area contributed by atoms with Crippen molar-refractivity contribution in [2.75, 3.05) is 7.11 Å². The van der Waals surface area contributed by atoms with Crippen molar-refractivity contribution in [3.05, 3.63) is 18.2 Å². The van der Waals surface area contributed by atoms with Gasteiger partial charge in [-0.3, -0.25) is 4.79 Å². The molecule has 0 aliphatic rings. The van der Waals surface area contributed by atoms with E-state index in [1.165, 1.54) is 7.11 Å². The molecular weight excluding hydrogens is 189 g/mol.